The number of nitrogens with zero attached hydrogens (tertiary/aromatic N) is 4. The zero-order valence-corrected chi connectivity index (χ0v) is 12.8. The van der Waals surface area contributed by atoms with Crippen LogP contribution in [0.3, 0.4) is 0 Å². The van der Waals surface area contributed by atoms with Crippen LogP contribution in [0.1, 0.15) is 56.0 Å². The Labute approximate surface area is 118 Å². The quantitative estimate of drug-likeness (QED) is 0.803. The molecule has 104 valence electrons. The van der Waals surface area contributed by atoms with Crippen LogP contribution in [0.4, 0.5) is 0 Å². The van der Waals surface area contributed by atoms with Gasteiger partial charge in [-0.1, -0.05) is 6.42 Å². The molecule has 0 spiro atoms. The largest absolute Gasteiger partial charge is 0.309 e. The average Bonchev–Trinajstić information content (AvgIpc) is 2.76. The second kappa shape index (κ2) is 4.51. The SMILES string of the molecule is Cc1nn(C)c2c1nc(C(C)Cl)n2C(C)C1CCC1. The summed E-state index contributed by atoms with van der Waals surface area (Å²) in [5.74, 6) is 1.73. The first-order valence-corrected chi connectivity index (χ1v) is 7.49. The van der Waals surface area contributed by atoms with Gasteiger partial charge in [0.25, 0.3) is 0 Å². The van der Waals surface area contributed by atoms with E-state index in [0.717, 1.165) is 28.6 Å². The van der Waals surface area contributed by atoms with Crippen LogP contribution in [-0.2, 0) is 7.05 Å². The summed E-state index contributed by atoms with van der Waals surface area (Å²) in [4.78, 5) is 4.74. The van der Waals surface area contributed by atoms with Crippen LogP contribution in [0.5, 0.6) is 0 Å². The molecule has 1 saturated carbocycles. The van der Waals surface area contributed by atoms with Crippen LogP contribution in [0.25, 0.3) is 11.2 Å². The molecule has 0 bridgehead atoms. The molecule has 1 fully saturated rings. The number of halogens is 1. The molecule has 2 aromatic rings. The van der Waals surface area contributed by atoms with Crippen molar-refractivity contribution in [2.24, 2.45) is 13.0 Å². The molecule has 2 unspecified atom stereocenters. The predicted octanol–water partition coefficient (Wildman–Crippen LogP) is 3.74. The first kappa shape index (κ1) is 13.0. The fourth-order valence-electron chi connectivity index (χ4n) is 3.13. The van der Waals surface area contributed by atoms with E-state index in [2.05, 4.69) is 16.6 Å². The lowest BCUT2D eigenvalue weighted by molar-refractivity contribution is 0.221. The first-order valence-electron chi connectivity index (χ1n) is 7.06. The van der Waals surface area contributed by atoms with Crippen molar-refractivity contribution in [1.82, 2.24) is 19.3 Å². The van der Waals surface area contributed by atoms with Crippen LogP contribution in [0.2, 0.25) is 0 Å². The third-order valence-corrected chi connectivity index (χ3v) is 4.65. The number of aromatic nitrogens is 4. The second-order valence-corrected chi connectivity index (χ2v) is 6.42. The van der Waals surface area contributed by atoms with Crippen LogP contribution in [0, 0.1) is 12.8 Å². The molecular weight excluding hydrogens is 260 g/mol. The van der Waals surface area contributed by atoms with E-state index in [4.69, 9.17) is 16.6 Å². The van der Waals surface area contributed by atoms with Gasteiger partial charge in [-0.25, -0.2) is 4.98 Å². The summed E-state index contributed by atoms with van der Waals surface area (Å²) < 4.78 is 4.26. The topological polar surface area (TPSA) is 35.6 Å². The first-order chi connectivity index (χ1) is 9.00. The maximum atomic E-state index is 6.34. The van der Waals surface area contributed by atoms with Gasteiger partial charge in [-0.2, -0.15) is 5.10 Å². The third-order valence-electron chi connectivity index (χ3n) is 4.46. The fraction of sp³-hybridized carbons (Fsp3) is 0.714. The van der Waals surface area contributed by atoms with Crippen molar-refractivity contribution in [3.05, 3.63) is 11.5 Å². The lowest BCUT2D eigenvalue weighted by Crippen LogP contribution is -2.25. The van der Waals surface area contributed by atoms with E-state index >= 15 is 0 Å². The smallest absolute Gasteiger partial charge is 0.158 e. The van der Waals surface area contributed by atoms with Crippen LogP contribution in [0.15, 0.2) is 0 Å². The van der Waals surface area contributed by atoms with Gasteiger partial charge in [-0.15, -0.1) is 11.6 Å². The van der Waals surface area contributed by atoms with E-state index in [1.807, 2.05) is 25.6 Å². The monoisotopic (exact) mass is 280 g/mol. The molecule has 2 heterocycles. The zero-order valence-electron chi connectivity index (χ0n) is 12.0. The van der Waals surface area contributed by atoms with Gasteiger partial charge in [0.05, 0.1) is 11.1 Å². The highest BCUT2D eigenvalue weighted by molar-refractivity contribution is 6.20. The van der Waals surface area contributed by atoms with Gasteiger partial charge in [0.1, 0.15) is 11.3 Å². The Hall–Kier alpha value is -1.03. The van der Waals surface area contributed by atoms with Crippen LogP contribution < -0.4 is 0 Å². The second-order valence-electron chi connectivity index (χ2n) is 5.77. The van der Waals surface area contributed by atoms with E-state index in [1.165, 1.54) is 19.3 Å². The van der Waals surface area contributed by atoms with Gasteiger partial charge in [-0.3, -0.25) is 4.68 Å². The van der Waals surface area contributed by atoms with Gasteiger partial charge < -0.3 is 4.57 Å². The maximum Gasteiger partial charge on any atom is 0.158 e. The fourth-order valence-corrected chi connectivity index (χ4v) is 3.28. The lowest BCUT2D eigenvalue weighted by atomic mass is 9.80. The Morgan fingerprint density at radius 1 is 1.32 bits per heavy atom. The van der Waals surface area contributed by atoms with Crippen molar-refractivity contribution < 1.29 is 0 Å². The van der Waals surface area contributed by atoms with Crippen molar-refractivity contribution in [1.29, 1.82) is 0 Å². The molecule has 1 aliphatic rings. The van der Waals surface area contributed by atoms with Gasteiger partial charge in [0, 0.05) is 13.1 Å². The van der Waals surface area contributed by atoms with Crippen LogP contribution >= 0.6 is 11.6 Å². The summed E-state index contributed by atoms with van der Waals surface area (Å²) in [6.07, 6.45) is 3.98. The number of hydrogen-bond acceptors (Lipinski definition) is 2. The Bertz CT molecular complexity index is 607. The van der Waals surface area contributed by atoms with E-state index in [-0.39, 0.29) is 5.38 Å². The highest BCUT2D eigenvalue weighted by Gasteiger charge is 2.30. The molecule has 0 saturated heterocycles. The molecule has 2 atom stereocenters. The summed E-state index contributed by atoms with van der Waals surface area (Å²) >= 11 is 6.34. The van der Waals surface area contributed by atoms with E-state index in [9.17, 15) is 0 Å². The predicted molar refractivity (Wildman–Crippen MR) is 77.6 cm³/mol. The molecule has 0 N–H and O–H groups in total. The molecule has 0 radical (unpaired) electrons. The maximum absolute atomic E-state index is 6.34. The Kier molecular flexibility index (Phi) is 3.08. The average molecular weight is 281 g/mol. The highest BCUT2D eigenvalue weighted by atomic mass is 35.5. The van der Waals surface area contributed by atoms with E-state index in [1.54, 1.807) is 0 Å². The van der Waals surface area contributed by atoms with Gasteiger partial charge in [-0.05, 0) is 39.5 Å². The molecule has 3 rings (SSSR count). The van der Waals surface area contributed by atoms with Crippen molar-refractivity contribution in [2.45, 2.75) is 51.5 Å². The Morgan fingerprint density at radius 2 is 2.00 bits per heavy atom. The van der Waals surface area contributed by atoms with Crippen molar-refractivity contribution in [3.63, 3.8) is 0 Å². The zero-order chi connectivity index (χ0) is 13.7. The number of fused-ring (bicyclic) bond motifs is 1. The molecule has 0 aromatic carbocycles. The van der Waals surface area contributed by atoms with E-state index < -0.39 is 0 Å². The molecule has 0 amide bonds. The highest BCUT2D eigenvalue weighted by Crippen LogP contribution is 2.39. The molecule has 1 aliphatic carbocycles. The van der Waals surface area contributed by atoms with Crippen molar-refractivity contribution in [2.75, 3.05) is 0 Å². The third kappa shape index (κ3) is 1.88. The van der Waals surface area contributed by atoms with E-state index in [0.29, 0.717) is 6.04 Å². The number of aryl methyl sites for hydroxylation is 2. The summed E-state index contributed by atoms with van der Waals surface area (Å²) in [6, 6.07) is 0.449. The molecule has 19 heavy (non-hydrogen) atoms. The summed E-state index contributed by atoms with van der Waals surface area (Å²) in [7, 11) is 1.99. The minimum atomic E-state index is -0.0747. The normalized spacial score (nSPS) is 19.6. The molecule has 0 aliphatic heterocycles. The number of hydrogen-bond donors (Lipinski definition) is 0. The number of rotatable bonds is 3. The van der Waals surface area contributed by atoms with Gasteiger partial charge in [0.15, 0.2) is 5.65 Å². The minimum Gasteiger partial charge on any atom is -0.309 e. The minimum absolute atomic E-state index is 0.0747. The molecule has 4 nitrogen and oxygen atoms in total. The lowest BCUT2D eigenvalue weighted by Gasteiger charge is -2.33. The van der Waals surface area contributed by atoms with Crippen molar-refractivity contribution >= 4 is 22.8 Å². The van der Waals surface area contributed by atoms with Gasteiger partial charge >= 0.3 is 0 Å². The molecule has 5 heteroatoms. The Morgan fingerprint density at radius 3 is 2.53 bits per heavy atom. The van der Waals surface area contributed by atoms with Crippen LogP contribution in [-0.4, -0.2) is 19.3 Å². The number of alkyl halides is 1. The Balaban J connectivity index is 2.20. The summed E-state index contributed by atoms with van der Waals surface area (Å²) in [5, 5.41) is 4.41. The molecular formula is C14H21ClN4. The summed E-state index contributed by atoms with van der Waals surface area (Å²) in [5.41, 5.74) is 3.09. The number of imidazole rings is 1. The summed E-state index contributed by atoms with van der Waals surface area (Å²) in [6.45, 7) is 6.29. The standard InChI is InChI=1S/C14H21ClN4/c1-8(15)13-16-12-9(2)17-18(4)14(12)19(13)10(3)11-6-5-7-11/h8,10-11H,5-7H2,1-4H3. The molecule has 2 aromatic heterocycles. The van der Waals surface area contributed by atoms with Crippen molar-refractivity contribution in [3.8, 4) is 0 Å². The van der Waals surface area contributed by atoms with Gasteiger partial charge in [0.2, 0.25) is 0 Å².